The summed E-state index contributed by atoms with van der Waals surface area (Å²) in [4.78, 5) is 11.2. The normalized spacial score (nSPS) is 29.4. The molecule has 1 aromatic heterocycles. The van der Waals surface area contributed by atoms with E-state index in [0.717, 1.165) is 10.8 Å². The second-order valence-electron chi connectivity index (χ2n) is 3.82. The van der Waals surface area contributed by atoms with E-state index in [1.807, 2.05) is 0 Å². The summed E-state index contributed by atoms with van der Waals surface area (Å²) in [5.74, 6) is -0.754. The molecule has 2 unspecified atom stereocenters. The minimum absolute atomic E-state index is 0.316. The number of nitrogens with zero attached hydrogens (tertiary/aromatic N) is 2. The van der Waals surface area contributed by atoms with Crippen LogP contribution in [0.1, 0.15) is 19.3 Å². The highest BCUT2D eigenvalue weighted by Crippen LogP contribution is 2.40. The second kappa shape index (κ2) is 4.68. The first-order valence-corrected chi connectivity index (χ1v) is 6.77. The molecule has 1 fully saturated rings. The van der Waals surface area contributed by atoms with Gasteiger partial charge in [0, 0.05) is 5.25 Å². The fourth-order valence-electron chi connectivity index (χ4n) is 1.99. The van der Waals surface area contributed by atoms with Crippen LogP contribution in [0.15, 0.2) is 9.85 Å². The Morgan fingerprint density at radius 1 is 1.81 bits per heavy atom. The quantitative estimate of drug-likeness (QED) is 0.847. The SMILES string of the molecule is CNC1(C(=O)O)CCC(Sc2nncs2)C1. The molecular formula is C9H13N3O2S2. The highest BCUT2D eigenvalue weighted by atomic mass is 32.2. The second-order valence-corrected chi connectivity index (χ2v) is 6.21. The maximum absolute atomic E-state index is 11.2. The summed E-state index contributed by atoms with van der Waals surface area (Å²) in [6.45, 7) is 0. The minimum Gasteiger partial charge on any atom is -0.480 e. The Morgan fingerprint density at radius 2 is 2.62 bits per heavy atom. The van der Waals surface area contributed by atoms with Gasteiger partial charge in [-0.05, 0) is 26.3 Å². The highest BCUT2D eigenvalue weighted by molar-refractivity contribution is 8.01. The maximum atomic E-state index is 11.2. The molecule has 1 aromatic rings. The molecular weight excluding hydrogens is 246 g/mol. The number of thioether (sulfide) groups is 1. The van der Waals surface area contributed by atoms with E-state index in [-0.39, 0.29) is 0 Å². The Hall–Kier alpha value is -0.660. The first kappa shape index (κ1) is 11.8. The standard InChI is InChI=1S/C9H13N3O2S2/c1-10-9(7(13)14)3-2-6(4-9)16-8-12-11-5-15-8/h5-6,10H,2-4H2,1H3,(H,13,14). The summed E-state index contributed by atoms with van der Waals surface area (Å²) in [7, 11) is 1.71. The number of likely N-dealkylation sites (N-methyl/N-ethyl adjacent to an activating group) is 1. The van der Waals surface area contributed by atoms with E-state index in [1.54, 1.807) is 24.3 Å². The average molecular weight is 259 g/mol. The lowest BCUT2D eigenvalue weighted by Gasteiger charge is -2.23. The molecule has 1 saturated carbocycles. The zero-order chi connectivity index (χ0) is 11.6. The average Bonchev–Trinajstić information content (AvgIpc) is 2.88. The molecule has 2 atom stereocenters. The molecule has 2 N–H and O–H groups in total. The lowest BCUT2D eigenvalue weighted by atomic mass is 9.99. The largest absolute Gasteiger partial charge is 0.480 e. The number of aliphatic carboxylic acids is 1. The van der Waals surface area contributed by atoms with Crippen molar-refractivity contribution >= 4 is 29.1 Å². The van der Waals surface area contributed by atoms with Crippen molar-refractivity contribution < 1.29 is 9.90 Å². The Bertz CT molecular complexity index is 371. The van der Waals surface area contributed by atoms with Crippen molar-refractivity contribution in [2.45, 2.75) is 34.4 Å². The van der Waals surface area contributed by atoms with Crippen molar-refractivity contribution in [3.8, 4) is 0 Å². The van der Waals surface area contributed by atoms with Gasteiger partial charge in [-0.3, -0.25) is 4.79 Å². The minimum atomic E-state index is -0.754. The Morgan fingerprint density at radius 3 is 3.12 bits per heavy atom. The molecule has 0 amide bonds. The third kappa shape index (κ3) is 2.21. The number of hydrogen-bond acceptors (Lipinski definition) is 6. The fourth-order valence-corrected chi connectivity index (χ4v) is 4.01. The van der Waals surface area contributed by atoms with Crippen LogP contribution in [0.3, 0.4) is 0 Å². The van der Waals surface area contributed by atoms with Crippen LogP contribution >= 0.6 is 23.1 Å². The smallest absolute Gasteiger partial charge is 0.323 e. The summed E-state index contributed by atoms with van der Waals surface area (Å²) in [5.41, 5.74) is 0.947. The topological polar surface area (TPSA) is 75.1 Å². The van der Waals surface area contributed by atoms with E-state index in [2.05, 4.69) is 15.5 Å². The summed E-state index contributed by atoms with van der Waals surface area (Å²) >= 11 is 3.13. The fraction of sp³-hybridized carbons (Fsp3) is 0.667. The van der Waals surface area contributed by atoms with Gasteiger partial charge in [0.2, 0.25) is 0 Å². The lowest BCUT2D eigenvalue weighted by molar-refractivity contribution is -0.144. The predicted octanol–water partition coefficient (Wildman–Crippen LogP) is 1.23. The zero-order valence-corrected chi connectivity index (χ0v) is 10.5. The molecule has 88 valence electrons. The molecule has 16 heavy (non-hydrogen) atoms. The van der Waals surface area contributed by atoms with Crippen molar-refractivity contribution in [2.75, 3.05) is 7.05 Å². The van der Waals surface area contributed by atoms with Crippen LogP contribution in [0.25, 0.3) is 0 Å². The Balaban J connectivity index is 1.99. The van der Waals surface area contributed by atoms with Crippen LogP contribution in [-0.4, -0.2) is 39.1 Å². The van der Waals surface area contributed by atoms with Gasteiger partial charge in [-0.15, -0.1) is 10.2 Å². The number of carboxylic acid groups (broad SMARTS) is 1. The van der Waals surface area contributed by atoms with Gasteiger partial charge < -0.3 is 10.4 Å². The molecule has 0 radical (unpaired) electrons. The molecule has 1 aliphatic rings. The Kier molecular flexibility index (Phi) is 3.46. The van der Waals surface area contributed by atoms with Crippen LogP contribution in [0.2, 0.25) is 0 Å². The van der Waals surface area contributed by atoms with Crippen molar-refractivity contribution in [1.82, 2.24) is 15.5 Å². The van der Waals surface area contributed by atoms with E-state index in [4.69, 9.17) is 0 Å². The van der Waals surface area contributed by atoms with Crippen LogP contribution in [0, 0.1) is 0 Å². The van der Waals surface area contributed by atoms with Crippen molar-refractivity contribution in [3.63, 3.8) is 0 Å². The van der Waals surface area contributed by atoms with Gasteiger partial charge in [-0.2, -0.15) is 0 Å². The van der Waals surface area contributed by atoms with Crippen molar-refractivity contribution in [1.29, 1.82) is 0 Å². The molecule has 7 heteroatoms. The Labute approximate surface area is 102 Å². The van der Waals surface area contributed by atoms with E-state index >= 15 is 0 Å². The van der Waals surface area contributed by atoms with Crippen LogP contribution < -0.4 is 5.32 Å². The maximum Gasteiger partial charge on any atom is 0.323 e. The van der Waals surface area contributed by atoms with Gasteiger partial charge >= 0.3 is 5.97 Å². The van der Waals surface area contributed by atoms with Crippen molar-refractivity contribution in [3.05, 3.63) is 5.51 Å². The predicted molar refractivity (Wildman–Crippen MR) is 62.8 cm³/mol. The lowest BCUT2D eigenvalue weighted by Crippen LogP contribution is -2.48. The van der Waals surface area contributed by atoms with Gasteiger partial charge in [-0.25, -0.2) is 0 Å². The van der Waals surface area contributed by atoms with E-state index in [9.17, 15) is 9.90 Å². The molecule has 0 saturated heterocycles. The van der Waals surface area contributed by atoms with Crippen LogP contribution in [0.5, 0.6) is 0 Å². The molecule has 0 bridgehead atoms. The first-order chi connectivity index (χ1) is 7.66. The van der Waals surface area contributed by atoms with Gasteiger partial charge in [0.05, 0.1) is 0 Å². The molecule has 2 rings (SSSR count). The van der Waals surface area contributed by atoms with Gasteiger partial charge in [0.1, 0.15) is 11.0 Å². The molecule has 0 spiro atoms. The number of carboxylic acids is 1. The van der Waals surface area contributed by atoms with Gasteiger partial charge in [-0.1, -0.05) is 23.1 Å². The molecule has 1 heterocycles. The summed E-state index contributed by atoms with van der Waals surface area (Å²) in [5, 5.41) is 20.2. The van der Waals surface area contributed by atoms with Gasteiger partial charge in [0.15, 0.2) is 4.34 Å². The monoisotopic (exact) mass is 259 g/mol. The number of rotatable bonds is 4. The van der Waals surface area contributed by atoms with Crippen LogP contribution in [-0.2, 0) is 4.79 Å². The first-order valence-electron chi connectivity index (χ1n) is 5.01. The zero-order valence-electron chi connectivity index (χ0n) is 8.84. The number of aromatic nitrogens is 2. The molecule has 0 aromatic carbocycles. The third-order valence-electron chi connectivity index (χ3n) is 2.96. The summed E-state index contributed by atoms with van der Waals surface area (Å²) in [6.07, 6.45) is 2.22. The number of carbonyl (C=O) groups is 1. The van der Waals surface area contributed by atoms with Gasteiger partial charge in [0.25, 0.3) is 0 Å². The third-order valence-corrected chi connectivity index (χ3v) is 5.04. The summed E-state index contributed by atoms with van der Waals surface area (Å²) in [6, 6.07) is 0. The van der Waals surface area contributed by atoms with E-state index in [0.29, 0.717) is 18.1 Å². The van der Waals surface area contributed by atoms with Crippen LogP contribution in [0.4, 0.5) is 0 Å². The molecule has 1 aliphatic carbocycles. The van der Waals surface area contributed by atoms with E-state index < -0.39 is 11.5 Å². The van der Waals surface area contributed by atoms with Crippen molar-refractivity contribution in [2.24, 2.45) is 0 Å². The summed E-state index contributed by atoms with van der Waals surface area (Å²) < 4.78 is 0.919. The van der Waals surface area contributed by atoms with E-state index in [1.165, 1.54) is 11.3 Å². The highest BCUT2D eigenvalue weighted by Gasteiger charge is 2.44. The molecule has 5 nitrogen and oxygen atoms in total. The number of hydrogen-bond donors (Lipinski definition) is 2. The number of nitrogens with one attached hydrogen (secondary N) is 1. The molecule has 0 aliphatic heterocycles.